The second-order valence-corrected chi connectivity index (χ2v) is 4.14. The van der Waals surface area contributed by atoms with Crippen LogP contribution < -0.4 is 16.0 Å². The first kappa shape index (κ1) is 15.0. The van der Waals surface area contributed by atoms with Crippen molar-refractivity contribution in [2.45, 2.75) is 19.7 Å². The molecule has 0 aliphatic carbocycles. The third-order valence-corrected chi connectivity index (χ3v) is 2.64. The average Bonchev–Trinajstić information content (AvgIpc) is 2.45. The Morgan fingerprint density at radius 1 is 1.19 bits per heavy atom. The molecule has 1 aromatic carbocycles. The Labute approximate surface area is 118 Å². The highest BCUT2D eigenvalue weighted by molar-refractivity contribution is 5.58. The molecular weight excluding hydrogens is 285 g/mol. The standard InChI is InChI=1S/C13H13F3N4O/c1-2-9-7-11(20-17)19-12(18-9)8-3-5-10(6-4-8)21-13(14,15)16/h3-7H,2,17H2,1H3,(H,18,19,20). The van der Waals surface area contributed by atoms with E-state index in [4.69, 9.17) is 5.84 Å². The summed E-state index contributed by atoms with van der Waals surface area (Å²) in [6, 6.07) is 7.03. The smallest absolute Gasteiger partial charge is 0.406 e. The quantitative estimate of drug-likeness (QED) is 0.670. The van der Waals surface area contributed by atoms with Crippen molar-refractivity contribution in [2.75, 3.05) is 5.43 Å². The van der Waals surface area contributed by atoms with Crippen LogP contribution in [0.25, 0.3) is 11.4 Å². The minimum Gasteiger partial charge on any atom is -0.406 e. The highest BCUT2D eigenvalue weighted by atomic mass is 19.4. The maximum Gasteiger partial charge on any atom is 0.573 e. The molecule has 2 aromatic rings. The molecule has 0 saturated carbocycles. The number of benzene rings is 1. The lowest BCUT2D eigenvalue weighted by molar-refractivity contribution is -0.274. The Morgan fingerprint density at radius 2 is 1.86 bits per heavy atom. The number of nitrogens with two attached hydrogens (primary N) is 1. The van der Waals surface area contributed by atoms with Gasteiger partial charge in [-0.05, 0) is 30.7 Å². The van der Waals surface area contributed by atoms with Crippen LogP contribution in [0.3, 0.4) is 0 Å². The molecule has 0 bridgehead atoms. The van der Waals surface area contributed by atoms with E-state index >= 15 is 0 Å². The molecule has 1 aromatic heterocycles. The lowest BCUT2D eigenvalue weighted by atomic mass is 10.2. The molecule has 1 heterocycles. The van der Waals surface area contributed by atoms with Gasteiger partial charge in [-0.15, -0.1) is 13.2 Å². The number of anilines is 1. The van der Waals surface area contributed by atoms with Crippen LogP contribution in [0.1, 0.15) is 12.6 Å². The van der Waals surface area contributed by atoms with Gasteiger partial charge in [0.15, 0.2) is 5.82 Å². The van der Waals surface area contributed by atoms with Crippen molar-refractivity contribution in [3.63, 3.8) is 0 Å². The fourth-order valence-corrected chi connectivity index (χ4v) is 1.69. The maximum absolute atomic E-state index is 12.1. The first-order chi connectivity index (χ1) is 9.91. The molecule has 0 saturated heterocycles. The Balaban J connectivity index is 2.30. The highest BCUT2D eigenvalue weighted by Crippen LogP contribution is 2.25. The van der Waals surface area contributed by atoms with Gasteiger partial charge in [0.1, 0.15) is 11.6 Å². The van der Waals surface area contributed by atoms with Crippen molar-refractivity contribution in [1.29, 1.82) is 0 Å². The van der Waals surface area contributed by atoms with Gasteiger partial charge in [0.05, 0.1) is 0 Å². The second kappa shape index (κ2) is 5.96. The molecule has 0 atom stereocenters. The van der Waals surface area contributed by atoms with Crippen LogP contribution in [0.2, 0.25) is 0 Å². The van der Waals surface area contributed by atoms with Gasteiger partial charge < -0.3 is 10.2 Å². The monoisotopic (exact) mass is 298 g/mol. The molecule has 0 aliphatic heterocycles. The van der Waals surface area contributed by atoms with Crippen molar-refractivity contribution in [2.24, 2.45) is 5.84 Å². The van der Waals surface area contributed by atoms with E-state index < -0.39 is 6.36 Å². The van der Waals surface area contributed by atoms with Crippen LogP contribution in [0, 0.1) is 0 Å². The zero-order chi connectivity index (χ0) is 15.5. The Hall–Kier alpha value is -2.35. The summed E-state index contributed by atoms with van der Waals surface area (Å²) in [5.74, 6) is 5.85. The summed E-state index contributed by atoms with van der Waals surface area (Å²) in [5.41, 5.74) is 3.76. The topological polar surface area (TPSA) is 73.1 Å². The SMILES string of the molecule is CCc1cc(NN)nc(-c2ccc(OC(F)(F)F)cc2)n1. The van der Waals surface area contributed by atoms with Gasteiger partial charge >= 0.3 is 6.36 Å². The van der Waals surface area contributed by atoms with Crippen molar-refractivity contribution in [1.82, 2.24) is 9.97 Å². The minimum atomic E-state index is -4.71. The van der Waals surface area contributed by atoms with Crippen LogP contribution in [0.15, 0.2) is 30.3 Å². The predicted molar refractivity (Wildman–Crippen MR) is 71.3 cm³/mol. The van der Waals surface area contributed by atoms with Crippen LogP contribution >= 0.6 is 0 Å². The summed E-state index contributed by atoms with van der Waals surface area (Å²) in [6.07, 6.45) is -4.03. The molecule has 2 rings (SSSR count). The fraction of sp³-hybridized carbons (Fsp3) is 0.231. The van der Waals surface area contributed by atoms with Crippen LogP contribution in [0.5, 0.6) is 5.75 Å². The van der Waals surface area contributed by atoms with E-state index in [1.54, 1.807) is 6.07 Å². The second-order valence-electron chi connectivity index (χ2n) is 4.14. The largest absolute Gasteiger partial charge is 0.573 e. The number of rotatable bonds is 4. The predicted octanol–water partition coefficient (Wildman–Crippen LogP) is 2.89. The first-order valence-electron chi connectivity index (χ1n) is 6.12. The van der Waals surface area contributed by atoms with Crippen molar-refractivity contribution >= 4 is 5.82 Å². The molecule has 112 valence electrons. The molecule has 0 unspecified atom stereocenters. The van der Waals surface area contributed by atoms with Crippen molar-refractivity contribution in [3.05, 3.63) is 36.0 Å². The molecule has 21 heavy (non-hydrogen) atoms. The third kappa shape index (κ3) is 4.06. The number of nitrogens with zero attached hydrogens (tertiary/aromatic N) is 2. The highest BCUT2D eigenvalue weighted by Gasteiger charge is 2.30. The van der Waals surface area contributed by atoms with E-state index in [9.17, 15) is 13.2 Å². The van der Waals surface area contributed by atoms with Crippen LogP contribution in [-0.2, 0) is 6.42 Å². The number of alkyl halides is 3. The van der Waals surface area contributed by atoms with Gasteiger partial charge in [-0.25, -0.2) is 15.8 Å². The number of aryl methyl sites for hydroxylation is 1. The summed E-state index contributed by atoms with van der Waals surface area (Å²) < 4.78 is 40.1. The van der Waals surface area contributed by atoms with E-state index in [-0.39, 0.29) is 5.75 Å². The number of ether oxygens (including phenoxy) is 1. The molecule has 3 N–H and O–H groups in total. The van der Waals surface area contributed by atoms with Crippen LogP contribution in [-0.4, -0.2) is 16.3 Å². The Kier molecular flexibility index (Phi) is 4.27. The molecule has 0 aliphatic rings. The van der Waals surface area contributed by atoms with E-state index in [1.807, 2.05) is 6.92 Å². The van der Waals surface area contributed by atoms with Crippen molar-refractivity contribution in [3.8, 4) is 17.1 Å². The summed E-state index contributed by atoms with van der Waals surface area (Å²) in [6.45, 7) is 1.92. The molecule has 0 spiro atoms. The van der Waals surface area contributed by atoms with Gasteiger partial charge in [0, 0.05) is 17.3 Å². The number of hydrogen-bond acceptors (Lipinski definition) is 5. The molecule has 0 fully saturated rings. The number of hydrogen-bond donors (Lipinski definition) is 2. The van der Waals surface area contributed by atoms with Gasteiger partial charge in [-0.1, -0.05) is 6.92 Å². The number of hydrazine groups is 1. The minimum absolute atomic E-state index is 0.296. The zero-order valence-electron chi connectivity index (χ0n) is 11.1. The zero-order valence-corrected chi connectivity index (χ0v) is 11.1. The molecule has 0 amide bonds. The van der Waals surface area contributed by atoms with Gasteiger partial charge in [-0.3, -0.25) is 0 Å². The lowest BCUT2D eigenvalue weighted by Crippen LogP contribution is -2.17. The number of halogens is 3. The summed E-state index contributed by atoms with van der Waals surface area (Å²) in [5, 5.41) is 0. The van der Waals surface area contributed by atoms with Crippen LogP contribution in [0.4, 0.5) is 19.0 Å². The van der Waals surface area contributed by atoms with Gasteiger partial charge in [0.25, 0.3) is 0 Å². The summed E-state index contributed by atoms with van der Waals surface area (Å²) in [7, 11) is 0. The van der Waals surface area contributed by atoms with Gasteiger partial charge in [0.2, 0.25) is 0 Å². The third-order valence-electron chi connectivity index (χ3n) is 2.64. The average molecular weight is 298 g/mol. The number of nitrogen functional groups attached to an aromatic ring is 1. The fourth-order valence-electron chi connectivity index (χ4n) is 1.69. The molecule has 5 nitrogen and oxygen atoms in total. The van der Waals surface area contributed by atoms with Crippen molar-refractivity contribution < 1.29 is 17.9 Å². The normalized spacial score (nSPS) is 11.3. The molecule has 0 radical (unpaired) electrons. The van der Waals surface area contributed by atoms with E-state index in [0.29, 0.717) is 23.6 Å². The Bertz CT molecular complexity index is 592. The molecule has 8 heteroatoms. The summed E-state index contributed by atoms with van der Waals surface area (Å²) in [4.78, 5) is 8.47. The summed E-state index contributed by atoms with van der Waals surface area (Å²) >= 11 is 0. The maximum atomic E-state index is 12.1. The van der Waals surface area contributed by atoms with Gasteiger partial charge in [-0.2, -0.15) is 0 Å². The molecular formula is C13H13F3N4O. The van der Waals surface area contributed by atoms with E-state index in [1.165, 1.54) is 24.3 Å². The lowest BCUT2D eigenvalue weighted by Gasteiger charge is -2.10. The van der Waals surface area contributed by atoms with E-state index in [2.05, 4.69) is 20.1 Å². The number of nitrogens with one attached hydrogen (secondary N) is 1. The van der Waals surface area contributed by atoms with E-state index in [0.717, 1.165) is 5.69 Å². The first-order valence-corrected chi connectivity index (χ1v) is 6.12. The number of aromatic nitrogens is 2. The Morgan fingerprint density at radius 3 is 2.38 bits per heavy atom.